The number of aliphatic hydroxyl groups excluding tert-OH is 2. The van der Waals surface area contributed by atoms with Crippen LogP contribution < -0.4 is 11.2 Å². The van der Waals surface area contributed by atoms with Gasteiger partial charge in [0.2, 0.25) is 0 Å². The zero-order valence-corrected chi connectivity index (χ0v) is 9.58. The minimum atomic E-state index is -0.979. The van der Waals surface area contributed by atoms with Crippen molar-refractivity contribution < 1.29 is 14.9 Å². The fraction of sp³-hybridized carbons (Fsp3) is 0.556. The number of aromatic nitrogens is 2. The van der Waals surface area contributed by atoms with Crippen molar-refractivity contribution in [3.63, 3.8) is 0 Å². The molecule has 17 heavy (non-hydrogen) atoms. The normalized spacial score (nSPS) is 32.9. The third-order valence-corrected chi connectivity index (χ3v) is 3.20. The van der Waals surface area contributed by atoms with Gasteiger partial charge in [-0.3, -0.25) is 14.3 Å². The Kier molecular flexibility index (Phi) is 3.38. The molecule has 1 aromatic heterocycles. The van der Waals surface area contributed by atoms with Gasteiger partial charge in [-0.2, -0.15) is 12.6 Å². The molecule has 1 aliphatic rings. The number of H-pyrrole nitrogens is 1. The van der Waals surface area contributed by atoms with Gasteiger partial charge >= 0.3 is 5.69 Å². The number of hydrogen-bond donors (Lipinski definition) is 4. The molecule has 0 unspecified atom stereocenters. The van der Waals surface area contributed by atoms with Gasteiger partial charge in [-0.15, -0.1) is 0 Å². The molecule has 1 aliphatic heterocycles. The zero-order chi connectivity index (χ0) is 12.6. The monoisotopic (exact) mass is 260 g/mol. The van der Waals surface area contributed by atoms with Gasteiger partial charge < -0.3 is 14.9 Å². The fourth-order valence-electron chi connectivity index (χ4n) is 1.74. The highest BCUT2D eigenvalue weighted by molar-refractivity contribution is 7.81. The number of nitrogens with zero attached hydrogens (tertiary/aromatic N) is 1. The van der Waals surface area contributed by atoms with E-state index in [1.54, 1.807) is 0 Å². The van der Waals surface area contributed by atoms with E-state index in [4.69, 9.17) is 9.84 Å². The molecule has 1 saturated heterocycles. The van der Waals surface area contributed by atoms with Gasteiger partial charge in [0.05, 0.1) is 18.0 Å². The summed E-state index contributed by atoms with van der Waals surface area (Å²) >= 11 is 4.14. The summed E-state index contributed by atoms with van der Waals surface area (Å²) in [6, 6.07) is 1.17. The summed E-state index contributed by atoms with van der Waals surface area (Å²) in [6.45, 7) is -0.368. The maximum absolute atomic E-state index is 11.5. The average molecular weight is 260 g/mol. The van der Waals surface area contributed by atoms with Gasteiger partial charge in [-0.25, -0.2) is 4.79 Å². The van der Waals surface area contributed by atoms with E-state index in [1.807, 2.05) is 0 Å². The molecule has 7 nitrogen and oxygen atoms in total. The molecular weight excluding hydrogens is 248 g/mol. The molecule has 0 saturated carbocycles. The van der Waals surface area contributed by atoms with Crippen molar-refractivity contribution in [1.82, 2.24) is 9.55 Å². The number of rotatable bonds is 2. The van der Waals surface area contributed by atoms with E-state index in [2.05, 4.69) is 17.6 Å². The number of nitrogens with one attached hydrogen (secondary N) is 1. The van der Waals surface area contributed by atoms with Crippen LogP contribution in [-0.2, 0) is 4.74 Å². The molecule has 0 aromatic carbocycles. The number of aromatic amines is 1. The lowest BCUT2D eigenvalue weighted by molar-refractivity contribution is -0.0457. The van der Waals surface area contributed by atoms with Gasteiger partial charge in [-0.1, -0.05) is 0 Å². The lowest BCUT2D eigenvalue weighted by Crippen LogP contribution is -2.35. The summed E-state index contributed by atoms with van der Waals surface area (Å²) in [4.78, 5) is 24.5. The number of thiol groups is 1. The molecule has 2 rings (SSSR count). The maximum Gasteiger partial charge on any atom is 0.330 e. The molecule has 1 fully saturated rings. The van der Waals surface area contributed by atoms with Crippen LogP contribution in [0.25, 0.3) is 0 Å². The van der Waals surface area contributed by atoms with Crippen LogP contribution >= 0.6 is 12.6 Å². The van der Waals surface area contributed by atoms with Crippen LogP contribution in [0.5, 0.6) is 0 Å². The maximum atomic E-state index is 11.5. The van der Waals surface area contributed by atoms with Crippen molar-refractivity contribution in [1.29, 1.82) is 0 Å². The van der Waals surface area contributed by atoms with Crippen LogP contribution in [0.2, 0.25) is 0 Å². The van der Waals surface area contributed by atoms with Crippen molar-refractivity contribution in [2.45, 2.75) is 23.7 Å². The van der Waals surface area contributed by atoms with E-state index < -0.39 is 34.9 Å². The minimum Gasteiger partial charge on any atom is -0.394 e. The lowest BCUT2D eigenvalue weighted by Gasteiger charge is -2.16. The summed E-state index contributed by atoms with van der Waals surface area (Å²) in [5.74, 6) is 0. The fourth-order valence-corrected chi connectivity index (χ4v) is 2.14. The summed E-state index contributed by atoms with van der Waals surface area (Å²) in [5, 5.41) is 18.0. The Morgan fingerprint density at radius 2 is 2.24 bits per heavy atom. The number of aliphatic hydroxyl groups is 2. The largest absolute Gasteiger partial charge is 0.394 e. The number of ether oxygens (including phenoxy) is 1. The smallest absolute Gasteiger partial charge is 0.330 e. The summed E-state index contributed by atoms with van der Waals surface area (Å²) < 4.78 is 6.43. The Balaban J connectivity index is 2.35. The highest BCUT2D eigenvalue weighted by Crippen LogP contribution is 2.31. The second-order valence-electron chi connectivity index (χ2n) is 3.75. The molecule has 0 radical (unpaired) electrons. The summed E-state index contributed by atoms with van der Waals surface area (Å²) in [5.41, 5.74) is -1.16. The van der Waals surface area contributed by atoms with E-state index in [0.717, 1.165) is 4.57 Å². The molecule has 94 valence electrons. The quantitative estimate of drug-likeness (QED) is 0.464. The Morgan fingerprint density at radius 3 is 2.76 bits per heavy atom. The Labute approximate surface area is 101 Å². The Morgan fingerprint density at radius 1 is 1.53 bits per heavy atom. The second-order valence-corrected chi connectivity index (χ2v) is 4.34. The third-order valence-electron chi connectivity index (χ3n) is 2.64. The van der Waals surface area contributed by atoms with Gasteiger partial charge in [-0.05, 0) is 0 Å². The van der Waals surface area contributed by atoms with Crippen molar-refractivity contribution in [2.75, 3.05) is 6.61 Å². The van der Waals surface area contributed by atoms with Crippen LogP contribution in [0.1, 0.15) is 6.23 Å². The molecule has 8 heteroatoms. The molecular formula is C9H12N2O5S. The zero-order valence-electron chi connectivity index (χ0n) is 8.68. The highest BCUT2D eigenvalue weighted by Gasteiger charge is 2.42. The van der Waals surface area contributed by atoms with Gasteiger partial charge in [0.1, 0.15) is 6.10 Å². The third kappa shape index (κ3) is 2.16. The van der Waals surface area contributed by atoms with E-state index in [-0.39, 0.29) is 6.61 Å². The van der Waals surface area contributed by atoms with Crippen molar-refractivity contribution in [2.24, 2.45) is 0 Å². The molecule has 1 aromatic rings. The van der Waals surface area contributed by atoms with Crippen LogP contribution in [-0.4, -0.2) is 43.8 Å². The SMILES string of the molecule is O=c1ccn([C@@H]2O[C@H](CO)[C@H](O)[C@H]2S)c(=O)[nH]1. The van der Waals surface area contributed by atoms with Crippen molar-refractivity contribution >= 4 is 12.6 Å². The Hall–Kier alpha value is -1.09. The van der Waals surface area contributed by atoms with E-state index in [9.17, 15) is 14.7 Å². The molecule has 4 atom stereocenters. The molecule has 0 amide bonds. The lowest BCUT2D eigenvalue weighted by atomic mass is 10.2. The molecule has 0 spiro atoms. The van der Waals surface area contributed by atoms with Crippen LogP contribution in [0, 0.1) is 0 Å². The second kappa shape index (κ2) is 4.65. The standard InChI is InChI=1S/C9H12N2O5S/c12-3-4-6(14)7(17)8(16-4)11-2-1-5(13)10-9(11)15/h1-2,4,6-8,12,14,17H,3H2,(H,10,13,15)/t4-,6+,7-,8-/m1/s1. The first-order valence-electron chi connectivity index (χ1n) is 4.98. The minimum absolute atomic E-state index is 0.368. The Bertz CT molecular complexity index is 513. The first-order valence-corrected chi connectivity index (χ1v) is 5.50. The first-order chi connectivity index (χ1) is 8.04. The van der Waals surface area contributed by atoms with E-state index >= 15 is 0 Å². The molecule has 2 heterocycles. The summed E-state index contributed by atoms with van der Waals surface area (Å²) in [7, 11) is 0. The van der Waals surface area contributed by atoms with Crippen molar-refractivity contribution in [3.8, 4) is 0 Å². The van der Waals surface area contributed by atoms with Gasteiger partial charge in [0.15, 0.2) is 6.23 Å². The molecule has 0 bridgehead atoms. The topological polar surface area (TPSA) is 105 Å². The summed E-state index contributed by atoms with van der Waals surface area (Å²) in [6.07, 6.45) is -1.33. The predicted molar refractivity (Wildman–Crippen MR) is 61.1 cm³/mol. The highest BCUT2D eigenvalue weighted by atomic mass is 32.1. The van der Waals surface area contributed by atoms with E-state index in [0.29, 0.717) is 0 Å². The van der Waals surface area contributed by atoms with Crippen molar-refractivity contribution in [3.05, 3.63) is 33.1 Å². The van der Waals surface area contributed by atoms with Gasteiger partial charge in [0.25, 0.3) is 5.56 Å². The predicted octanol–water partition coefficient (Wildman–Crippen LogP) is -1.91. The van der Waals surface area contributed by atoms with E-state index in [1.165, 1.54) is 12.3 Å². The molecule has 0 aliphatic carbocycles. The van der Waals surface area contributed by atoms with Gasteiger partial charge in [0, 0.05) is 12.3 Å². The number of hydrogen-bond acceptors (Lipinski definition) is 6. The van der Waals surface area contributed by atoms with Crippen LogP contribution in [0.4, 0.5) is 0 Å². The molecule has 3 N–H and O–H groups in total. The first kappa shape index (κ1) is 12.4. The van der Waals surface area contributed by atoms with Crippen LogP contribution in [0.15, 0.2) is 21.9 Å². The van der Waals surface area contributed by atoms with Crippen LogP contribution in [0.3, 0.4) is 0 Å². The average Bonchev–Trinajstić information content (AvgIpc) is 2.57.